The minimum absolute atomic E-state index is 0.00982. The smallest absolute Gasteiger partial charge is 0.214 e. The highest BCUT2D eigenvalue weighted by molar-refractivity contribution is 7.89. The van der Waals surface area contributed by atoms with Crippen molar-refractivity contribution in [2.24, 2.45) is 5.73 Å². The van der Waals surface area contributed by atoms with Gasteiger partial charge in [-0.1, -0.05) is 6.42 Å². The van der Waals surface area contributed by atoms with Crippen molar-refractivity contribution in [3.8, 4) is 0 Å². The van der Waals surface area contributed by atoms with E-state index in [2.05, 4.69) is 4.72 Å². The SMILES string of the molecule is COCCS(=O)(=O)NC1CCCC(N)C1. The molecule has 2 unspecified atom stereocenters. The van der Waals surface area contributed by atoms with Gasteiger partial charge < -0.3 is 10.5 Å². The van der Waals surface area contributed by atoms with Gasteiger partial charge in [0.15, 0.2) is 0 Å². The maximum absolute atomic E-state index is 11.5. The molecule has 3 N–H and O–H groups in total. The van der Waals surface area contributed by atoms with Crippen LogP contribution in [0.1, 0.15) is 25.7 Å². The minimum Gasteiger partial charge on any atom is -0.384 e. The second-order valence-corrected chi connectivity index (χ2v) is 5.93. The summed E-state index contributed by atoms with van der Waals surface area (Å²) >= 11 is 0. The zero-order valence-electron chi connectivity index (χ0n) is 9.11. The number of rotatable bonds is 5. The molecule has 0 radical (unpaired) electrons. The molecule has 2 atom stereocenters. The van der Waals surface area contributed by atoms with E-state index >= 15 is 0 Å². The summed E-state index contributed by atoms with van der Waals surface area (Å²) in [5, 5.41) is 0. The van der Waals surface area contributed by atoms with Crippen molar-refractivity contribution in [3.05, 3.63) is 0 Å². The number of sulfonamides is 1. The predicted molar refractivity (Wildman–Crippen MR) is 59.0 cm³/mol. The van der Waals surface area contributed by atoms with Crippen LogP contribution >= 0.6 is 0 Å². The highest BCUT2D eigenvalue weighted by Crippen LogP contribution is 2.17. The van der Waals surface area contributed by atoms with Crippen molar-refractivity contribution >= 4 is 10.0 Å². The molecule has 5 nitrogen and oxygen atoms in total. The van der Waals surface area contributed by atoms with E-state index in [9.17, 15) is 8.42 Å². The summed E-state index contributed by atoms with van der Waals surface area (Å²) < 4.78 is 30.5. The van der Waals surface area contributed by atoms with Gasteiger partial charge >= 0.3 is 0 Å². The molecule has 1 saturated carbocycles. The Bertz CT molecular complexity index is 279. The van der Waals surface area contributed by atoms with E-state index in [0.717, 1.165) is 25.7 Å². The molecular formula is C9H20N2O3S. The lowest BCUT2D eigenvalue weighted by molar-refractivity contribution is 0.216. The zero-order valence-corrected chi connectivity index (χ0v) is 9.92. The summed E-state index contributed by atoms with van der Waals surface area (Å²) in [6.07, 6.45) is 3.63. The molecule has 0 bridgehead atoms. The molecule has 6 heteroatoms. The van der Waals surface area contributed by atoms with Crippen molar-refractivity contribution < 1.29 is 13.2 Å². The standard InChI is InChI=1S/C9H20N2O3S/c1-14-5-6-15(12,13)11-9-4-2-3-8(10)7-9/h8-9,11H,2-7,10H2,1H3. The van der Waals surface area contributed by atoms with E-state index in [1.807, 2.05) is 0 Å². The van der Waals surface area contributed by atoms with Gasteiger partial charge in [0.1, 0.15) is 0 Å². The summed E-state index contributed by atoms with van der Waals surface area (Å²) in [5.41, 5.74) is 5.78. The monoisotopic (exact) mass is 236 g/mol. The average molecular weight is 236 g/mol. The molecule has 90 valence electrons. The van der Waals surface area contributed by atoms with Crippen LogP contribution in [-0.2, 0) is 14.8 Å². The normalized spacial score (nSPS) is 27.9. The number of nitrogens with two attached hydrogens (primary N) is 1. The first kappa shape index (κ1) is 12.9. The third-order valence-electron chi connectivity index (χ3n) is 2.62. The first-order valence-electron chi connectivity index (χ1n) is 5.28. The molecule has 0 aromatic carbocycles. The predicted octanol–water partition coefficient (Wildman–Crippen LogP) is -0.178. The van der Waals surface area contributed by atoms with E-state index in [0.29, 0.717) is 0 Å². The number of ether oxygens (including phenoxy) is 1. The average Bonchev–Trinajstić information content (AvgIpc) is 2.14. The Morgan fingerprint density at radius 3 is 2.80 bits per heavy atom. The van der Waals surface area contributed by atoms with Crippen molar-refractivity contribution in [1.82, 2.24) is 4.72 Å². The molecule has 0 saturated heterocycles. The van der Waals surface area contributed by atoms with Gasteiger partial charge in [0.2, 0.25) is 10.0 Å². The summed E-state index contributed by atoms with van der Waals surface area (Å²) in [5.74, 6) is 0.0231. The maximum Gasteiger partial charge on any atom is 0.214 e. The quantitative estimate of drug-likeness (QED) is 0.694. The first-order chi connectivity index (χ1) is 7.03. The lowest BCUT2D eigenvalue weighted by atomic mass is 9.92. The topological polar surface area (TPSA) is 81.4 Å². The number of hydrogen-bond acceptors (Lipinski definition) is 4. The van der Waals surface area contributed by atoms with Crippen molar-refractivity contribution in [2.45, 2.75) is 37.8 Å². The Morgan fingerprint density at radius 2 is 2.20 bits per heavy atom. The van der Waals surface area contributed by atoms with E-state index in [4.69, 9.17) is 10.5 Å². The second kappa shape index (κ2) is 5.79. The second-order valence-electron chi connectivity index (χ2n) is 4.05. The van der Waals surface area contributed by atoms with Gasteiger partial charge in [-0.2, -0.15) is 0 Å². The van der Waals surface area contributed by atoms with Gasteiger partial charge in [0.05, 0.1) is 12.4 Å². The molecule has 1 rings (SSSR count). The molecule has 0 aliphatic heterocycles. The summed E-state index contributed by atoms with van der Waals surface area (Å²) in [4.78, 5) is 0. The third kappa shape index (κ3) is 4.92. The highest BCUT2D eigenvalue weighted by atomic mass is 32.2. The van der Waals surface area contributed by atoms with Crippen LogP contribution in [0.25, 0.3) is 0 Å². The van der Waals surface area contributed by atoms with Gasteiger partial charge in [0.25, 0.3) is 0 Å². The summed E-state index contributed by atoms with van der Waals surface area (Å²) in [7, 11) is -1.71. The fourth-order valence-corrected chi connectivity index (χ4v) is 3.07. The van der Waals surface area contributed by atoms with Crippen LogP contribution in [0.5, 0.6) is 0 Å². The molecule has 1 aliphatic rings. The highest BCUT2D eigenvalue weighted by Gasteiger charge is 2.23. The number of hydrogen-bond donors (Lipinski definition) is 2. The summed E-state index contributed by atoms with van der Waals surface area (Å²) in [6, 6.07) is 0.143. The van der Waals surface area contributed by atoms with Crippen LogP contribution in [0.15, 0.2) is 0 Å². The molecule has 0 aromatic heterocycles. The van der Waals surface area contributed by atoms with Gasteiger partial charge in [-0.3, -0.25) is 0 Å². The Kier molecular flexibility index (Phi) is 4.98. The first-order valence-corrected chi connectivity index (χ1v) is 6.93. The van der Waals surface area contributed by atoms with Crippen molar-refractivity contribution in [1.29, 1.82) is 0 Å². The van der Waals surface area contributed by atoms with Gasteiger partial charge in [-0.25, -0.2) is 13.1 Å². The van der Waals surface area contributed by atoms with E-state index in [-0.39, 0.29) is 24.4 Å². The van der Waals surface area contributed by atoms with Crippen LogP contribution in [0.2, 0.25) is 0 Å². The summed E-state index contributed by atoms with van der Waals surface area (Å²) in [6.45, 7) is 0.230. The molecular weight excluding hydrogens is 216 g/mol. The third-order valence-corrected chi connectivity index (χ3v) is 4.01. The number of methoxy groups -OCH3 is 1. The Balaban J connectivity index is 2.39. The molecule has 0 amide bonds. The fourth-order valence-electron chi connectivity index (χ4n) is 1.84. The van der Waals surface area contributed by atoms with Gasteiger partial charge in [-0.05, 0) is 19.3 Å². The molecule has 1 fully saturated rings. The molecule has 0 heterocycles. The van der Waals surface area contributed by atoms with Crippen LogP contribution in [0.4, 0.5) is 0 Å². The van der Waals surface area contributed by atoms with E-state index < -0.39 is 10.0 Å². The van der Waals surface area contributed by atoms with Gasteiger partial charge in [-0.15, -0.1) is 0 Å². The van der Waals surface area contributed by atoms with Crippen LogP contribution in [0.3, 0.4) is 0 Å². The largest absolute Gasteiger partial charge is 0.384 e. The van der Waals surface area contributed by atoms with Gasteiger partial charge in [0, 0.05) is 19.2 Å². The van der Waals surface area contributed by atoms with Crippen molar-refractivity contribution in [3.63, 3.8) is 0 Å². The molecule has 0 aromatic rings. The lowest BCUT2D eigenvalue weighted by Crippen LogP contribution is -2.43. The zero-order chi connectivity index (χ0) is 11.3. The van der Waals surface area contributed by atoms with Crippen LogP contribution < -0.4 is 10.5 Å². The Hall–Kier alpha value is -0.170. The van der Waals surface area contributed by atoms with Crippen LogP contribution in [0, 0.1) is 0 Å². The lowest BCUT2D eigenvalue weighted by Gasteiger charge is -2.27. The van der Waals surface area contributed by atoms with E-state index in [1.165, 1.54) is 7.11 Å². The molecule has 1 aliphatic carbocycles. The van der Waals surface area contributed by atoms with Crippen molar-refractivity contribution in [2.75, 3.05) is 19.5 Å². The molecule has 15 heavy (non-hydrogen) atoms. The fraction of sp³-hybridized carbons (Fsp3) is 1.00. The van der Waals surface area contributed by atoms with Crippen LogP contribution in [-0.4, -0.2) is 40.0 Å². The van der Waals surface area contributed by atoms with E-state index in [1.54, 1.807) is 0 Å². The maximum atomic E-state index is 11.5. The Labute approximate surface area is 91.4 Å². The Morgan fingerprint density at radius 1 is 1.47 bits per heavy atom. The minimum atomic E-state index is -3.20. The number of nitrogens with one attached hydrogen (secondary N) is 1. The molecule has 0 spiro atoms.